The summed E-state index contributed by atoms with van der Waals surface area (Å²) in [6.07, 6.45) is 7.53. The molecule has 2 heteroatoms. The summed E-state index contributed by atoms with van der Waals surface area (Å²) in [5.41, 5.74) is 4.50. The van der Waals surface area contributed by atoms with Crippen molar-refractivity contribution in [2.45, 2.75) is 50.9 Å². The van der Waals surface area contributed by atoms with E-state index in [1.165, 1.54) is 36.0 Å². The van der Waals surface area contributed by atoms with Gasteiger partial charge < -0.3 is 5.11 Å². The molecule has 2 aliphatic carbocycles. The minimum atomic E-state index is -0.609. The van der Waals surface area contributed by atoms with Gasteiger partial charge in [-0.25, -0.2) is 0 Å². The SMILES string of the molecule is O=C(O)C1CCC(c2ccc3c(c2)CCC3)CC1. The van der Waals surface area contributed by atoms with Gasteiger partial charge in [-0.05, 0) is 67.6 Å². The molecule has 1 aromatic rings. The molecule has 96 valence electrons. The topological polar surface area (TPSA) is 37.3 Å². The average molecular weight is 244 g/mol. The average Bonchev–Trinajstić information content (AvgIpc) is 2.86. The van der Waals surface area contributed by atoms with Crippen LogP contribution in [0.4, 0.5) is 0 Å². The summed E-state index contributed by atoms with van der Waals surface area (Å²) in [5.74, 6) is -0.121. The van der Waals surface area contributed by atoms with Crippen LogP contribution in [0.25, 0.3) is 0 Å². The van der Waals surface area contributed by atoms with Gasteiger partial charge in [0.1, 0.15) is 0 Å². The predicted octanol–water partition coefficient (Wildman–Crippen LogP) is 3.53. The van der Waals surface area contributed by atoms with E-state index in [9.17, 15) is 4.79 Å². The number of rotatable bonds is 2. The number of fused-ring (bicyclic) bond motifs is 1. The number of carboxylic acid groups (broad SMARTS) is 1. The second-order valence-corrected chi connectivity index (χ2v) is 5.77. The first-order chi connectivity index (χ1) is 8.74. The normalized spacial score (nSPS) is 26.9. The number of hydrogen-bond donors (Lipinski definition) is 1. The van der Waals surface area contributed by atoms with E-state index in [1.807, 2.05) is 0 Å². The molecule has 0 amide bonds. The van der Waals surface area contributed by atoms with Crippen molar-refractivity contribution in [1.29, 1.82) is 0 Å². The fourth-order valence-electron chi connectivity index (χ4n) is 3.52. The van der Waals surface area contributed by atoms with Crippen molar-refractivity contribution < 1.29 is 9.90 Å². The summed E-state index contributed by atoms with van der Waals surface area (Å²) in [6.45, 7) is 0. The Morgan fingerprint density at radius 2 is 1.78 bits per heavy atom. The first-order valence-electron chi connectivity index (χ1n) is 7.08. The Hall–Kier alpha value is -1.31. The van der Waals surface area contributed by atoms with Crippen molar-refractivity contribution in [3.05, 3.63) is 34.9 Å². The van der Waals surface area contributed by atoms with Crippen LogP contribution in [0.5, 0.6) is 0 Å². The molecule has 3 rings (SSSR count). The highest BCUT2D eigenvalue weighted by Crippen LogP contribution is 2.37. The number of carbonyl (C=O) groups is 1. The van der Waals surface area contributed by atoms with Crippen LogP contribution in [-0.4, -0.2) is 11.1 Å². The zero-order valence-corrected chi connectivity index (χ0v) is 10.7. The van der Waals surface area contributed by atoms with Crippen molar-refractivity contribution in [1.82, 2.24) is 0 Å². The first-order valence-corrected chi connectivity index (χ1v) is 7.08. The van der Waals surface area contributed by atoms with E-state index in [1.54, 1.807) is 0 Å². The quantitative estimate of drug-likeness (QED) is 0.864. The summed E-state index contributed by atoms with van der Waals surface area (Å²) >= 11 is 0. The minimum absolute atomic E-state index is 0.101. The standard InChI is InChI=1S/C16H20O2/c17-16(18)13-7-4-12(5-8-13)15-9-6-11-2-1-3-14(11)10-15/h6,9-10,12-13H,1-5,7-8H2,(H,17,18). The molecule has 0 saturated heterocycles. The van der Waals surface area contributed by atoms with Crippen LogP contribution in [0, 0.1) is 5.92 Å². The van der Waals surface area contributed by atoms with E-state index >= 15 is 0 Å². The highest BCUT2D eigenvalue weighted by Gasteiger charge is 2.27. The second-order valence-electron chi connectivity index (χ2n) is 5.77. The van der Waals surface area contributed by atoms with Crippen LogP contribution >= 0.6 is 0 Å². The van der Waals surface area contributed by atoms with Crippen molar-refractivity contribution in [2.24, 2.45) is 5.92 Å². The molecule has 0 spiro atoms. The molecule has 0 aliphatic heterocycles. The van der Waals surface area contributed by atoms with Crippen molar-refractivity contribution in [3.63, 3.8) is 0 Å². The van der Waals surface area contributed by atoms with Crippen molar-refractivity contribution in [3.8, 4) is 0 Å². The van der Waals surface area contributed by atoms with Crippen LogP contribution < -0.4 is 0 Å². The summed E-state index contributed by atoms with van der Waals surface area (Å²) in [5, 5.41) is 9.02. The Morgan fingerprint density at radius 1 is 1.06 bits per heavy atom. The monoisotopic (exact) mass is 244 g/mol. The maximum atomic E-state index is 11.0. The van der Waals surface area contributed by atoms with E-state index in [4.69, 9.17) is 5.11 Å². The van der Waals surface area contributed by atoms with E-state index < -0.39 is 5.97 Å². The van der Waals surface area contributed by atoms with E-state index in [-0.39, 0.29) is 5.92 Å². The van der Waals surface area contributed by atoms with Gasteiger partial charge in [0.25, 0.3) is 0 Å². The van der Waals surface area contributed by atoms with Gasteiger partial charge in [-0.2, -0.15) is 0 Å². The lowest BCUT2D eigenvalue weighted by atomic mass is 9.78. The second kappa shape index (κ2) is 4.75. The molecule has 2 nitrogen and oxygen atoms in total. The summed E-state index contributed by atoms with van der Waals surface area (Å²) in [4.78, 5) is 11.0. The maximum Gasteiger partial charge on any atom is 0.306 e. The molecule has 0 atom stereocenters. The van der Waals surface area contributed by atoms with Crippen molar-refractivity contribution >= 4 is 5.97 Å². The van der Waals surface area contributed by atoms with Crippen LogP contribution in [0.2, 0.25) is 0 Å². The van der Waals surface area contributed by atoms with E-state index in [0.717, 1.165) is 25.7 Å². The van der Waals surface area contributed by atoms with Gasteiger partial charge in [-0.3, -0.25) is 4.79 Å². The molecule has 1 fully saturated rings. The summed E-state index contributed by atoms with van der Waals surface area (Å²) in [6, 6.07) is 6.95. The number of aliphatic carboxylic acids is 1. The Balaban J connectivity index is 1.71. The van der Waals surface area contributed by atoms with Gasteiger partial charge in [0.15, 0.2) is 0 Å². The van der Waals surface area contributed by atoms with Crippen LogP contribution in [-0.2, 0) is 17.6 Å². The number of hydrogen-bond acceptors (Lipinski definition) is 1. The number of aryl methyl sites for hydroxylation is 2. The lowest BCUT2D eigenvalue weighted by Gasteiger charge is -2.26. The zero-order valence-electron chi connectivity index (χ0n) is 10.7. The van der Waals surface area contributed by atoms with Crippen LogP contribution in [0.3, 0.4) is 0 Å². The van der Waals surface area contributed by atoms with Gasteiger partial charge in [0, 0.05) is 0 Å². The highest BCUT2D eigenvalue weighted by molar-refractivity contribution is 5.70. The molecule has 0 unspecified atom stereocenters. The molecule has 0 aromatic heterocycles. The molecule has 2 aliphatic rings. The largest absolute Gasteiger partial charge is 0.481 e. The molecular weight excluding hydrogens is 224 g/mol. The van der Waals surface area contributed by atoms with Gasteiger partial charge in [0.2, 0.25) is 0 Å². The van der Waals surface area contributed by atoms with E-state index in [0.29, 0.717) is 5.92 Å². The Morgan fingerprint density at radius 3 is 2.50 bits per heavy atom. The molecule has 0 heterocycles. The smallest absolute Gasteiger partial charge is 0.306 e. The third kappa shape index (κ3) is 2.16. The zero-order chi connectivity index (χ0) is 12.5. The molecule has 0 bridgehead atoms. The predicted molar refractivity (Wildman–Crippen MR) is 70.8 cm³/mol. The van der Waals surface area contributed by atoms with Gasteiger partial charge >= 0.3 is 5.97 Å². The minimum Gasteiger partial charge on any atom is -0.481 e. The summed E-state index contributed by atoms with van der Waals surface area (Å²) in [7, 11) is 0. The molecule has 1 N–H and O–H groups in total. The number of carboxylic acids is 1. The first kappa shape index (κ1) is 11.8. The van der Waals surface area contributed by atoms with E-state index in [2.05, 4.69) is 18.2 Å². The molecule has 1 saturated carbocycles. The lowest BCUT2D eigenvalue weighted by Crippen LogP contribution is -2.20. The highest BCUT2D eigenvalue weighted by atomic mass is 16.4. The lowest BCUT2D eigenvalue weighted by molar-refractivity contribution is -0.142. The third-order valence-corrected chi connectivity index (χ3v) is 4.67. The van der Waals surface area contributed by atoms with Crippen molar-refractivity contribution in [2.75, 3.05) is 0 Å². The van der Waals surface area contributed by atoms with Gasteiger partial charge in [-0.1, -0.05) is 18.2 Å². The maximum absolute atomic E-state index is 11.0. The fourth-order valence-corrected chi connectivity index (χ4v) is 3.52. The Kier molecular flexibility index (Phi) is 3.11. The molecule has 1 aromatic carbocycles. The molecular formula is C16H20O2. The van der Waals surface area contributed by atoms with Gasteiger partial charge in [0.05, 0.1) is 5.92 Å². The Labute approximate surface area is 108 Å². The number of benzene rings is 1. The van der Waals surface area contributed by atoms with Crippen LogP contribution in [0.1, 0.15) is 54.7 Å². The fraction of sp³-hybridized carbons (Fsp3) is 0.562. The van der Waals surface area contributed by atoms with Crippen LogP contribution in [0.15, 0.2) is 18.2 Å². The Bertz CT molecular complexity index is 456. The molecule has 0 radical (unpaired) electrons. The summed E-state index contributed by atoms with van der Waals surface area (Å²) < 4.78 is 0. The third-order valence-electron chi connectivity index (χ3n) is 4.67. The van der Waals surface area contributed by atoms with Gasteiger partial charge in [-0.15, -0.1) is 0 Å². The molecule has 18 heavy (non-hydrogen) atoms.